The molecule has 0 unspecified atom stereocenters. The topological polar surface area (TPSA) is 61.6 Å². The third kappa shape index (κ3) is 4.71. The molecule has 0 heterocycles. The quantitative estimate of drug-likeness (QED) is 0.547. The van der Waals surface area contributed by atoms with Gasteiger partial charge in [0.15, 0.2) is 0 Å². The highest BCUT2D eigenvalue weighted by Gasteiger charge is 2.20. The zero-order chi connectivity index (χ0) is 16.7. The van der Waals surface area contributed by atoms with E-state index in [0.29, 0.717) is 13.2 Å². The largest absolute Gasteiger partial charge is 0.494 e. The van der Waals surface area contributed by atoms with Crippen molar-refractivity contribution in [1.82, 2.24) is 0 Å². The van der Waals surface area contributed by atoms with Crippen molar-refractivity contribution in [3.05, 3.63) is 69.8 Å². The fourth-order valence-corrected chi connectivity index (χ4v) is 2.48. The van der Waals surface area contributed by atoms with E-state index < -0.39 is 0 Å². The minimum atomic E-state index is -0.295. The Balaban J connectivity index is 2.26. The molecule has 0 aromatic heterocycles. The van der Waals surface area contributed by atoms with Crippen molar-refractivity contribution in [3.8, 4) is 11.5 Å². The van der Waals surface area contributed by atoms with Crippen molar-refractivity contribution >= 4 is 0 Å². The number of rotatable bonds is 8. The molecule has 23 heavy (non-hydrogen) atoms. The van der Waals surface area contributed by atoms with Crippen LogP contribution in [0.3, 0.4) is 0 Å². The van der Waals surface area contributed by atoms with E-state index in [2.05, 4.69) is 0 Å². The van der Waals surface area contributed by atoms with Gasteiger partial charge in [-0.3, -0.25) is 10.1 Å². The monoisotopic (exact) mass is 315 g/mol. The second-order valence-corrected chi connectivity index (χ2v) is 5.07. The fourth-order valence-electron chi connectivity index (χ4n) is 2.48. The molecule has 0 amide bonds. The van der Waals surface area contributed by atoms with Gasteiger partial charge in [-0.05, 0) is 49.2 Å². The van der Waals surface area contributed by atoms with Gasteiger partial charge in [-0.1, -0.05) is 24.3 Å². The number of ether oxygens (including phenoxy) is 2. The van der Waals surface area contributed by atoms with Crippen LogP contribution in [0.1, 0.15) is 30.9 Å². The Morgan fingerprint density at radius 2 is 1.26 bits per heavy atom. The van der Waals surface area contributed by atoms with E-state index in [9.17, 15) is 10.1 Å². The maximum atomic E-state index is 11.1. The van der Waals surface area contributed by atoms with Crippen LogP contribution in [0.4, 0.5) is 0 Å². The molecule has 0 bridgehead atoms. The van der Waals surface area contributed by atoms with Crippen molar-refractivity contribution in [2.75, 3.05) is 19.8 Å². The minimum absolute atomic E-state index is 0.151. The number of hydrogen-bond donors (Lipinski definition) is 0. The maximum Gasteiger partial charge on any atom is 0.214 e. The first-order valence-corrected chi connectivity index (χ1v) is 7.71. The summed E-state index contributed by atoms with van der Waals surface area (Å²) in [7, 11) is 0. The number of nitro groups is 1. The maximum absolute atomic E-state index is 11.1. The van der Waals surface area contributed by atoms with Gasteiger partial charge in [-0.2, -0.15) is 0 Å². The molecule has 5 heteroatoms. The van der Waals surface area contributed by atoms with Gasteiger partial charge in [0, 0.05) is 4.92 Å². The summed E-state index contributed by atoms with van der Waals surface area (Å²) < 4.78 is 10.8. The lowest BCUT2D eigenvalue weighted by Crippen LogP contribution is -2.14. The summed E-state index contributed by atoms with van der Waals surface area (Å²) in [5.41, 5.74) is 1.80. The van der Waals surface area contributed by atoms with Crippen LogP contribution in [0.5, 0.6) is 11.5 Å². The van der Waals surface area contributed by atoms with Crippen molar-refractivity contribution in [2.45, 2.75) is 19.8 Å². The van der Waals surface area contributed by atoms with Crippen molar-refractivity contribution in [2.24, 2.45) is 0 Å². The standard InChI is InChI=1S/C18H21NO4/c1-3-22-16-9-5-14(6-10-16)18(13-19(20)21)15-7-11-17(12-8-15)23-4-2/h5-12,18H,3-4,13H2,1-2H3. The zero-order valence-corrected chi connectivity index (χ0v) is 13.4. The smallest absolute Gasteiger partial charge is 0.214 e. The second-order valence-electron chi connectivity index (χ2n) is 5.07. The molecule has 0 saturated carbocycles. The SMILES string of the molecule is CCOc1ccc(C(C[N+](=O)[O-])c2ccc(OCC)cc2)cc1. The van der Waals surface area contributed by atoms with Gasteiger partial charge >= 0.3 is 0 Å². The average Bonchev–Trinajstić information content (AvgIpc) is 2.55. The van der Waals surface area contributed by atoms with E-state index in [4.69, 9.17) is 9.47 Å². The first-order valence-electron chi connectivity index (χ1n) is 7.71. The molecule has 0 atom stereocenters. The normalized spacial score (nSPS) is 10.6. The predicted molar refractivity (Wildman–Crippen MR) is 88.9 cm³/mol. The molecule has 0 spiro atoms. The molecule has 122 valence electrons. The van der Waals surface area contributed by atoms with Crippen LogP contribution in [0, 0.1) is 10.1 Å². The third-order valence-electron chi connectivity index (χ3n) is 3.52. The lowest BCUT2D eigenvalue weighted by atomic mass is 9.91. The zero-order valence-electron chi connectivity index (χ0n) is 13.4. The molecular weight excluding hydrogens is 294 g/mol. The Hall–Kier alpha value is -2.56. The molecule has 2 aromatic rings. The Morgan fingerprint density at radius 3 is 1.57 bits per heavy atom. The highest BCUT2D eigenvalue weighted by atomic mass is 16.6. The van der Waals surface area contributed by atoms with E-state index in [1.807, 2.05) is 62.4 Å². The van der Waals surface area contributed by atoms with Crippen molar-refractivity contribution < 1.29 is 14.4 Å². The van der Waals surface area contributed by atoms with E-state index in [1.54, 1.807) is 0 Å². The Kier molecular flexibility index (Phi) is 5.97. The van der Waals surface area contributed by atoms with Gasteiger partial charge in [0.2, 0.25) is 6.54 Å². The van der Waals surface area contributed by atoms with E-state index in [0.717, 1.165) is 22.6 Å². The van der Waals surface area contributed by atoms with Gasteiger partial charge in [-0.25, -0.2) is 0 Å². The van der Waals surface area contributed by atoms with Crippen LogP contribution in [0.25, 0.3) is 0 Å². The van der Waals surface area contributed by atoms with Crippen molar-refractivity contribution in [3.63, 3.8) is 0 Å². The van der Waals surface area contributed by atoms with Crippen molar-refractivity contribution in [1.29, 1.82) is 0 Å². The number of hydrogen-bond acceptors (Lipinski definition) is 4. The average molecular weight is 315 g/mol. The highest BCUT2D eigenvalue weighted by Crippen LogP contribution is 2.28. The molecule has 0 fully saturated rings. The van der Waals surface area contributed by atoms with E-state index in [1.165, 1.54) is 0 Å². The molecule has 0 radical (unpaired) electrons. The van der Waals surface area contributed by atoms with Crippen LogP contribution in [-0.4, -0.2) is 24.7 Å². The molecule has 0 saturated heterocycles. The molecule has 5 nitrogen and oxygen atoms in total. The van der Waals surface area contributed by atoms with Crippen LogP contribution >= 0.6 is 0 Å². The van der Waals surface area contributed by atoms with E-state index >= 15 is 0 Å². The lowest BCUT2D eigenvalue weighted by molar-refractivity contribution is -0.481. The van der Waals surface area contributed by atoms with Crippen LogP contribution in [-0.2, 0) is 0 Å². The summed E-state index contributed by atoms with van der Waals surface area (Å²) in [6.45, 7) is 4.88. The molecule has 2 aromatic carbocycles. The first kappa shape index (κ1) is 16.8. The first-order chi connectivity index (χ1) is 11.1. The molecular formula is C18H21NO4. The van der Waals surface area contributed by atoms with Gasteiger partial charge in [-0.15, -0.1) is 0 Å². The number of nitrogens with zero attached hydrogens (tertiary/aromatic N) is 1. The minimum Gasteiger partial charge on any atom is -0.494 e. The number of benzene rings is 2. The Labute approximate surface area is 136 Å². The fraction of sp³-hybridized carbons (Fsp3) is 0.333. The molecule has 2 rings (SSSR count). The van der Waals surface area contributed by atoms with Gasteiger partial charge < -0.3 is 9.47 Å². The summed E-state index contributed by atoms with van der Waals surface area (Å²) >= 11 is 0. The Morgan fingerprint density at radius 1 is 0.870 bits per heavy atom. The van der Waals surface area contributed by atoms with Gasteiger partial charge in [0.05, 0.1) is 19.1 Å². The summed E-state index contributed by atoms with van der Waals surface area (Å²) in [5, 5.41) is 11.1. The summed E-state index contributed by atoms with van der Waals surface area (Å²) in [5.74, 6) is 1.24. The molecule has 0 aliphatic heterocycles. The van der Waals surface area contributed by atoms with Crippen LogP contribution in [0.15, 0.2) is 48.5 Å². The molecule has 0 aliphatic rings. The summed E-state index contributed by atoms with van der Waals surface area (Å²) in [6, 6.07) is 14.9. The van der Waals surface area contributed by atoms with Gasteiger partial charge in [0.1, 0.15) is 11.5 Å². The molecule has 0 N–H and O–H groups in total. The molecule has 0 aliphatic carbocycles. The highest BCUT2D eigenvalue weighted by molar-refractivity contribution is 5.38. The second kappa shape index (κ2) is 8.17. The van der Waals surface area contributed by atoms with E-state index in [-0.39, 0.29) is 17.4 Å². The van der Waals surface area contributed by atoms with Gasteiger partial charge in [0.25, 0.3) is 0 Å². The van der Waals surface area contributed by atoms with Crippen LogP contribution < -0.4 is 9.47 Å². The summed E-state index contributed by atoms with van der Waals surface area (Å²) in [6.07, 6.45) is 0. The lowest BCUT2D eigenvalue weighted by Gasteiger charge is -2.15. The predicted octanol–water partition coefficient (Wildman–Crippen LogP) is 3.89. The Bertz CT molecular complexity index is 573. The summed E-state index contributed by atoms with van der Waals surface area (Å²) in [4.78, 5) is 10.8. The third-order valence-corrected chi connectivity index (χ3v) is 3.52. The van der Waals surface area contributed by atoms with Crippen LogP contribution in [0.2, 0.25) is 0 Å².